The minimum Gasteiger partial charge on any atom is -0.354 e. The number of fused-ring (bicyclic) bond motifs is 1. The van der Waals surface area contributed by atoms with E-state index in [-0.39, 0.29) is 57.8 Å². The fraction of sp³-hybridized carbons (Fsp3) is 0.407. The van der Waals surface area contributed by atoms with Gasteiger partial charge in [-0.05, 0) is 54.5 Å². The number of amides is 2. The summed E-state index contributed by atoms with van der Waals surface area (Å²) in [6.45, 7) is 3.85. The monoisotopic (exact) mass is 661 g/mol. The van der Waals surface area contributed by atoms with Crippen LogP contribution >= 0.6 is 45.1 Å². The number of hydrogen-bond acceptors (Lipinski definition) is 7. The molecule has 0 aliphatic carbocycles. The molecule has 1 fully saturated rings. The largest absolute Gasteiger partial charge is 0.354 e. The molecule has 9 nitrogen and oxygen atoms in total. The van der Waals surface area contributed by atoms with Crippen LogP contribution in [0.25, 0.3) is 10.1 Å². The summed E-state index contributed by atoms with van der Waals surface area (Å²) in [7, 11) is -7.08. The van der Waals surface area contributed by atoms with E-state index in [0.717, 1.165) is 10.1 Å². The SMILES string of the molecule is CC(C)C[C@H](NC(=O)c1cc2ccccc2s1)C(=O)NCCC1CS(O)(O)CCN1S(=O)(=O)c1ccc(Cl)cc1Cl. The van der Waals surface area contributed by atoms with Crippen LogP contribution in [0.4, 0.5) is 0 Å². The van der Waals surface area contributed by atoms with Crippen LogP contribution in [0.5, 0.6) is 0 Å². The smallest absolute Gasteiger partial charge is 0.262 e. The Kier molecular flexibility index (Phi) is 10.3. The van der Waals surface area contributed by atoms with Crippen LogP contribution in [-0.2, 0) is 14.8 Å². The predicted molar refractivity (Wildman–Crippen MR) is 167 cm³/mol. The van der Waals surface area contributed by atoms with E-state index < -0.39 is 38.6 Å². The van der Waals surface area contributed by atoms with Crippen LogP contribution in [0.1, 0.15) is 36.4 Å². The summed E-state index contributed by atoms with van der Waals surface area (Å²) in [5.41, 5.74) is 0. The lowest BCUT2D eigenvalue weighted by Crippen LogP contribution is -2.52. The highest BCUT2D eigenvalue weighted by molar-refractivity contribution is 8.24. The molecule has 1 aromatic heterocycles. The van der Waals surface area contributed by atoms with Gasteiger partial charge in [-0.1, -0.05) is 55.2 Å². The second-order valence-electron chi connectivity index (χ2n) is 10.4. The molecule has 14 heteroatoms. The third-order valence-corrected chi connectivity index (χ3v) is 12.3. The first-order valence-corrected chi connectivity index (χ1v) is 17.9. The molecule has 0 radical (unpaired) electrons. The summed E-state index contributed by atoms with van der Waals surface area (Å²) in [6, 6.07) is 11.9. The standard InChI is InChI=1S/C27H33Cl2N3O6S3/c1-17(2)13-22(31-27(34)24-14-18-5-3-4-6-23(18)39-24)26(33)30-10-9-20-16-40(35,36)12-11-32(20)41(37,38)25-8-7-19(28)15-21(25)29/h3-8,14-15,17,20,22,35-36H,9-13,16H2,1-2H3,(H,30,33)(H,31,34)/t20?,22-/m0/s1. The Labute approximate surface area is 255 Å². The third-order valence-electron chi connectivity index (χ3n) is 6.74. The van der Waals surface area contributed by atoms with Crippen LogP contribution < -0.4 is 10.6 Å². The lowest BCUT2D eigenvalue weighted by Gasteiger charge is -2.45. The van der Waals surface area contributed by atoms with Gasteiger partial charge in [0.2, 0.25) is 15.9 Å². The van der Waals surface area contributed by atoms with E-state index in [0.29, 0.717) is 11.3 Å². The Morgan fingerprint density at radius 3 is 2.56 bits per heavy atom. The number of sulfonamides is 1. The molecule has 0 spiro atoms. The van der Waals surface area contributed by atoms with Gasteiger partial charge in [-0.15, -0.1) is 11.3 Å². The number of carbonyl (C=O) groups excluding carboxylic acids is 2. The highest BCUT2D eigenvalue weighted by Crippen LogP contribution is 2.45. The number of benzene rings is 2. The van der Waals surface area contributed by atoms with E-state index in [2.05, 4.69) is 10.6 Å². The maximum Gasteiger partial charge on any atom is 0.262 e. The Balaban J connectivity index is 1.44. The van der Waals surface area contributed by atoms with Crippen molar-refractivity contribution >= 4 is 77.1 Å². The van der Waals surface area contributed by atoms with Gasteiger partial charge in [0.25, 0.3) is 5.91 Å². The lowest BCUT2D eigenvalue weighted by molar-refractivity contribution is -0.123. The van der Waals surface area contributed by atoms with E-state index in [1.54, 1.807) is 6.07 Å². The van der Waals surface area contributed by atoms with Gasteiger partial charge >= 0.3 is 0 Å². The van der Waals surface area contributed by atoms with Crippen molar-refractivity contribution in [1.29, 1.82) is 0 Å². The topological polar surface area (TPSA) is 136 Å². The van der Waals surface area contributed by atoms with Crippen LogP contribution in [0, 0.1) is 5.92 Å². The minimum absolute atomic E-state index is 0.0346. The molecule has 2 aromatic carbocycles. The van der Waals surface area contributed by atoms with Crippen LogP contribution in [-0.4, -0.2) is 70.3 Å². The number of thiophene rings is 1. The number of carbonyl (C=O) groups is 2. The molecule has 3 aromatic rings. The first-order valence-electron chi connectivity index (χ1n) is 13.0. The van der Waals surface area contributed by atoms with Crippen molar-refractivity contribution in [2.24, 2.45) is 5.92 Å². The highest BCUT2D eigenvalue weighted by Gasteiger charge is 2.39. The lowest BCUT2D eigenvalue weighted by atomic mass is 10.0. The van der Waals surface area contributed by atoms with E-state index >= 15 is 0 Å². The molecule has 2 amide bonds. The highest BCUT2D eigenvalue weighted by atomic mass is 35.5. The molecular weight excluding hydrogens is 629 g/mol. The van der Waals surface area contributed by atoms with Crippen molar-refractivity contribution in [3.63, 3.8) is 0 Å². The number of halogens is 2. The maximum absolute atomic E-state index is 13.5. The van der Waals surface area contributed by atoms with Gasteiger partial charge in [0.1, 0.15) is 10.9 Å². The number of nitrogens with one attached hydrogen (secondary N) is 2. The molecule has 224 valence electrons. The van der Waals surface area contributed by atoms with Gasteiger partial charge in [0.15, 0.2) is 0 Å². The average Bonchev–Trinajstić information content (AvgIpc) is 3.32. The molecule has 1 saturated heterocycles. The molecule has 2 atom stereocenters. The zero-order valence-corrected chi connectivity index (χ0v) is 26.5. The Bertz CT molecular complexity index is 1500. The summed E-state index contributed by atoms with van der Waals surface area (Å²) in [5.74, 6) is -0.882. The summed E-state index contributed by atoms with van der Waals surface area (Å²) >= 11 is 13.5. The fourth-order valence-corrected chi connectivity index (χ4v) is 9.96. The second kappa shape index (κ2) is 13.2. The quantitative estimate of drug-likeness (QED) is 0.221. The van der Waals surface area contributed by atoms with Crippen molar-refractivity contribution in [1.82, 2.24) is 14.9 Å². The second-order valence-corrected chi connectivity index (χ2v) is 16.5. The molecule has 4 N–H and O–H groups in total. The molecule has 0 bridgehead atoms. The zero-order chi connectivity index (χ0) is 29.9. The molecule has 2 heterocycles. The Hall–Kier alpha value is -1.90. The average molecular weight is 663 g/mol. The van der Waals surface area contributed by atoms with Gasteiger partial charge in [-0.25, -0.2) is 8.42 Å². The summed E-state index contributed by atoms with van der Waals surface area (Å²) in [4.78, 5) is 26.6. The van der Waals surface area contributed by atoms with Crippen molar-refractivity contribution in [3.05, 3.63) is 63.5 Å². The van der Waals surface area contributed by atoms with E-state index in [9.17, 15) is 27.1 Å². The molecule has 1 aliphatic heterocycles. The Morgan fingerprint density at radius 1 is 1.15 bits per heavy atom. The molecule has 41 heavy (non-hydrogen) atoms. The van der Waals surface area contributed by atoms with E-state index in [4.69, 9.17) is 23.2 Å². The van der Waals surface area contributed by atoms with Crippen molar-refractivity contribution in [3.8, 4) is 0 Å². The van der Waals surface area contributed by atoms with Crippen LogP contribution in [0.2, 0.25) is 10.0 Å². The molecule has 1 unspecified atom stereocenters. The van der Waals surface area contributed by atoms with Gasteiger partial charge < -0.3 is 10.6 Å². The molecular formula is C27H33Cl2N3O6S3. The first kappa shape index (κ1) is 32.0. The maximum atomic E-state index is 13.5. The van der Waals surface area contributed by atoms with Crippen molar-refractivity contribution in [2.45, 2.75) is 43.7 Å². The summed E-state index contributed by atoms with van der Waals surface area (Å²) < 4.78 is 50.0. The number of nitrogens with zero attached hydrogens (tertiary/aromatic N) is 1. The van der Waals surface area contributed by atoms with Crippen molar-refractivity contribution in [2.75, 3.05) is 24.6 Å². The van der Waals surface area contributed by atoms with Gasteiger partial charge in [0, 0.05) is 28.9 Å². The number of hydrogen-bond donors (Lipinski definition) is 4. The fourth-order valence-electron chi connectivity index (χ4n) is 4.76. The van der Waals surface area contributed by atoms with Gasteiger partial charge in [-0.2, -0.15) is 14.9 Å². The van der Waals surface area contributed by atoms with Crippen LogP contribution in [0.3, 0.4) is 0 Å². The summed E-state index contributed by atoms with van der Waals surface area (Å²) in [6.07, 6.45) is 0.534. The normalized spacial score (nSPS) is 19.1. The van der Waals surface area contributed by atoms with E-state index in [1.807, 2.05) is 38.1 Å². The third kappa shape index (κ3) is 7.94. The molecule has 0 saturated carbocycles. The Morgan fingerprint density at radius 2 is 1.88 bits per heavy atom. The molecule has 4 rings (SSSR count). The summed E-state index contributed by atoms with van der Waals surface area (Å²) in [5, 5.41) is 6.85. The van der Waals surface area contributed by atoms with E-state index in [1.165, 1.54) is 33.8 Å². The predicted octanol–water partition coefficient (Wildman–Crippen LogP) is 5.68. The zero-order valence-electron chi connectivity index (χ0n) is 22.5. The minimum atomic E-state index is -4.08. The van der Waals surface area contributed by atoms with Crippen LogP contribution in [0.15, 0.2) is 53.4 Å². The molecule has 1 aliphatic rings. The van der Waals surface area contributed by atoms with Crippen molar-refractivity contribution < 1.29 is 27.1 Å². The first-order chi connectivity index (χ1) is 19.3. The van der Waals surface area contributed by atoms with Gasteiger partial charge in [0.05, 0.1) is 21.4 Å². The number of rotatable bonds is 10. The van der Waals surface area contributed by atoms with Gasteiger partial charge in [-0.3, -0.25) is 18.7 Å².